The van der Waals surface area contributed by atoms with E-state index >= 15 is 0 Å². The van der Waals surface area contributed by atoms with Gasteiger partial charge in [0.15, 0.2) is 0 Å². The van der Waals surface area contributed by atoms with E-state index < -0.39 is 5.97 Å². The van der Waals surface area contributed by atoms with Crippen molar-refractivity contribution in [2.45, 2.75) is 12.8 Å². The van der Waals surface area contributed by atoms with Crippen LogP contribution >= 0.6 is 15.9 Å². The molecule has 0 amide bonds. The predicted molar refractivity (Wildman–Crippen MR) is 108 cm³/mol. The third kappa shape index (κ3) is 3.08. The Morgan fingerprint density at radius 3 is 2.59 bits per heavy atom. The minimum Gasteiger partial charge on any atom is -0.462 e. The van der Waals surface area contributed by atoms with Gasteiger partial charge in [0, 0.05) is 10.0 Å². The molecule has 1 aliphatic heterocycles. The molecule has 5 heteroatoms. The Morgan fingerprint density at radius 1 is 1.11 bits per heavy atom. The molecule has 3 aromatic rings. The fraction of sp³-hybridized carbons (Fsp3) is 0.136. The lowest BCUT2D eigenvalue weighted by molar-refractivity contribution is -0.139. The van der Waals surface area contributed by atoms with Crippen molar-refractivity contribution in [1.29, 1.82) is 0 Å². The molecule has 136 valence electrons. The van der Waals surface area contributed by atoms with Crippen LogP contribution in [0.15, 0.2) is 76.6 Å². The van der Waals surface area contributed by atoms with Crippen LogP contribution in [0.4, 0.5) is 0 Å². The second-order valence-electron chi connectivity index (χ2n) is 6.28. The molecule has 0 saturated carbocycles. The highest BCUT2D eigenvalue weighted by atomic mass is 79.9. The standard InChI is InChI=1S/C22H18BrNO3/c1-2-26-22(25)20-18(14-7-10-15(23)11-8-14)19-16-6-4-3-5-13(16)9-12-17(19)27-21(20)24/h3-12,18H,2,24H2,1H3/t18-/m1/s1. The summed E-state index contributed by atoms with van der Waals surface area (Å²) in [4.78, 5) is 12.8. The molecule has 1 aliphatic rings. The third-order valence-electron chi connectivity index (χ3n) is 4.69. The molecular weight excluding hydrogens is 406 g/mol. The van der Waals surface area contributed by atoms with Crippen LogP contribution in [-0.2, 0) is 9.53 Å². The minimum atomic E-state index is -0.457. The second-order valence-corrected chi connectivity index (χ2v) is 7.20. The zero-order chi connectivity index (χ0) is 19.0. The summed E-state index contributed by atoms with van der Waals surface area (Å²) in [5.41, 5.74) is 8.38. The van der Waals surface area contributed by atoms with E-state index in [-0.39, 0.29) is 18.4 Å². The van der Waals surface area contributed by atoms with Gasteiger partial charge in [-0.25, -0.2) is 4.79 Å². The normalized spacial score (nSPS) is 16.0. The highest BCUT2D eigenvalue weighted by Gasteiger charge is 2.36. The Labute approximate surface area is 165 Å². The average molecular weight is 424 g/mol. The van der Waals surface area contributed by atoms with Crippen molar-refractivity contribution in [3.63, 3.8) is 0 Å². The molecule has 0 bridgehead atoms. The molecular formula is C22H18BrNO3. The van der Waals surface area contributed by atoms with Crippen molar-refractivity contribution in [1.82, 2.24) is 0 Å². The first-order chi connectivity index (χ1) is 13.1. The fourth-order valence-corrected chi connectivity index (χ4v) is 3.80. The lowest BCUT2D eigenvalue weighted by Gasteiger charge is -2.29. The Bertz CT molecular complexity index is 1060. The molecule has 0 aliphatic carbocycles. The summed E-state index contributed by atoms with van der Waals surface area (Å²) < 4.78 is 12.1. The van der Waals surface area contributed by atoms with Crippen LogP contribution in [0.3, 0.4) is 0 Å². The summed E-state index contributed by atoms with van der Waals surface area (Å²) in [7, 11) is 0. The lowest BCUT2D eigenvalue weighted by Crippen LogP contribution is -2.27. The van der Waals surface area contributed by atoms with E-state index in [9.17, 15) is 4.79 Å². The van der Waals surface area contributed by atoms with E-state index in [0.717, 1.165) is 26.4 Å². The van der Waals surface area contributed by atoms with E-state index in [4.69, 9.17) is 15.2 Å². The van der Waals surface area contributed by atoms with Crippen LogP contribution in [0.25, 0.3) is 10.8 Å². The summed E-state index contributed by atoms with van der Waals surface area (Å²) in [6.07, 6.45) is 0. The van der Waals surface area contributed by atoms with Gasteiger partial charge in [0.25, 0.3) is 0 Å². The molecule has 4 rings (SSSR count). The summed E-state index contributed by atoms with van der Waals surface area (Å²) in [5, 5.41) is 2.10. The predicted octanol–water partition coefficient (Wildman–Crippen LogP) is 4.86. The summed E-state index contributed by atoms with van der Waals surface area (Å²) in [5.74, 6) is -0.0789. The molecule has 2 N–H and O–H groups in total. The van der Waals surface area contributed by atoms with E-state index in [1.807, 2.05) is 60.7 Å². The van der Waals surface area contributed by atoms with Gasteiger partial charge in [-0.3, -0.25) is 0 Å². The first-order valence-electron chi connectivity index (χ1n) is 8.72. The number of fused-ring (bicyclic) bond motifs is 3. The third-order valence-corrected chi connectivity index (χ3v) is 5.22. The zero-order valence-corrected chi connectivity index (χ0v) is 16.3. The van der Waals surface area contributed by atoms with Crippen LogP contribution in [-0.4, -0.2) is 12.6 Å². The van der Waals surface area contributed by atoms with Gasteiger partial charge in [0.1, 0.15) is 11.3 Å². The molecule has 27 heavy (non-hydrogen) atoms. The van der Waals surface area contributed by atoms with E-state index in [0.29, 0.717) is 11.3 Å². The van der Waals surface area contributed by atoms with Crippen LogP contribution < -0.4 is 10.5 Å². The minimum absolute atomic E-state index is 0.0872. The SMILES string of the molecule is CCOC(=O)C1=C(N)Oc2ccc3ccccc3c2[C@H]1c1ccc(Br)cc1. The number of halogens is 1. The molecule has 0 aromatic heterocycles. The lowest BCUT2D eigenvalue weighted by atomic mass is 9.80. The smallest absolute Gasteiger partial charge is 0.340 e. The number of nitrogens with two attached hydrogens (primary N) is 1. The van der Waals surface area contributed by atoms with E-state index in [2.05, 4.69) is 15.9 Å². The molecule has 0 radical (unpaired) electrons. The highest BCUT2D eigenvalue weighted by molar-refractivity contribution is 9.10. The molecule has 0 spiro atoms. The highest BCUT2D eigenvalue weighted by Crippen LogP contribution is 2.46. The molecule has 0 unspecified atom stereocenters. The van der Waals surface area contributed by atoms with Crippen molar-refractivity contribution in [3.8, 4) is 5.75 Å². The summed E-state index contributed by atoms with van der Waals surface area (Å²) in [6, 6.07) is 19.8. The molecule has 3 aromatic carbocycles. The number of carbonyl (C=O) groups is 1. The maximum atomic E-state index is 12.8. The summed E-state index contributed by atoms with van der Waals surface area (Å²) in [6.45, 7) is 2.04. The van der Waals surface area contributed by atoms with Crippen molar-refractivity contribution < 1.29 is 14.3 Å². The van der Waals surface area contributed by atoms with Crippen LogP contribution in [0.1, 0.15) is 24.0 Å². The van der Waals surface area contributed by atoms with Crippen molar-refractivity contribution in [2.24, 2.45) is 5.73 Å². The Hall–Kier alpha value is -2.79. The molecule has 0 fully saturated rings. The van der Waals surface area contributed by atoms with Gasteiger partial charge in [0.2, 0.25) is 5.88 Å². The van der Waals surface area contributed by atoms with Crippen molar-refractivity contribution >= 4 is 32.7 Å². The maximum Gasteiger partial charge on any atom is 0.340 e. The average Bonchev–Trinajstić information content (AvgIpc) is 2.67. The number of ether oxygens (including phenoxy) is 2. The molecule has 0 saturated heterocycles. The first kappa shape index (κ1) is 17.6. The number of carbonyl (C=O) groups excluding carboxylic acids is 1. The number of hydrogen-bond donors (Lipinski definition) is 1. The monoisotopic (exact) mass is 423 g/mol. The topological polar surface area (TPSA) is 61.5 Å². The quantitative estimate of drug-likeness (QED) is 0.610. The zero-order valence-electron chi connectivity index (χ0n) is 14.7. The van der Waals surface area contributed by atoms with Crippen molar-refractivity contribution in [2.75, 3.05) is 6.61 Å². The first-order valence-corrected chi connectivity index (χ1v) is 9.51. The summed E-state index contributed by atoms with van der Waals surface area (Å²) >= 11 is 3.47. The van der Waals surface area contributed by atoms with Gasteiger partial charge in [-0.15, -0.1) is 0 Å². The Morgan fingerprint density at radius 2 is 1.85 bits per heavy atom. The largest absolute Gasteiger partial charge is 0.462 e. The van der Waals surface area contributed by atoms with Gasteiger partial charge < -0.3 is 15.2 Å². The number of benzene rings is 3. The van der Waals surface area contributed by atoms with Gasteiger partial charge in [-0.05, 0) is 41.5 Å². The number of rotatable bonds is 3. The Kier molecular flexibility index (Phi) is 4.62. The van der Waals surface area contributed by atoms with E-state index in [1.54, 1.807) is 6.92 Å². The van der Waals surface area contributed by atoms with Gasteiger partial charge in [0.05, 0.1) is 12.5 Å². The molecule has 1 atom stereocenters. The van der Waals surface area contributed by atoms with Crippen molar-refractivity contribution in [3.05, 3.63) is 87.7 Å². The van der Waals surface area contributed by atoms with E-state index in [1.165, 1.54) is 0 Å². The van der Waals surface area contributed by atoms with Gasteiger partial charge >= 0.3 is 5.97 Å². The number of esters is 1. The second kappa shape index (κ2) is 7.08. The fourth-order valence-electron chi connectivity index (χ4n) is 3.54. The number of hydrogen-bond acceptors (Lipinski definition) is 4. The van der Waals surface area contributed by atoms with Crippen LogP contribution in [0.2, 0.25) is 0 Å². The Balaban J connectivity index is 2.01. The van der Waals surface area contributed by atoms with Crippen LogP contribution in [0.5, 0.6) is 5.75 Å². The van der Waals surface area contributed by atoms with Gasteiger partial charge in [-0.2, -0.15) is 0 Å². The molecule has 4 nitrogen and oxygen atoms in total. The maximum absolute atomic E-state index is 12.8. The van der Waals surface area contributed by atoms with Crippen LogP contribution in [0, 0.1) is 0 Å². The van der Waals surface area contributed by atoms with Gasteiger partial charge in [-0.1, -0.05) is 58.4 Å². The molecule has 1 heterocycles.